The Hall–Kier alpha value is -1.09. The summed E-state index contributed by atoms with van der Waals surface area (Å²) in [5.41, 5.74) is 0.757. The summed E-state index contributed by atoms with van der Waals surface area (Å²) in [6.07, 6.45) is 1.78. The summed E-state index contributed by atoms with van der Waals surface area (Å²) < 4.78 is 2.90. The van der Waals surface area contributed by atoms with Gasteiger partial charge in [-0.15, -0.1) is 5.10 Å². The van der Waals surface area contributed by atoms with Gasteiger partial charge in [-0.25, -0.2) is 9.89 Å². The molecule has 8 heteroatoms. The number of benzene rings is 1. The number of anilines is 1. The molecule has 1 atom stereocenters. The van der Waals surface area contributed by atoms with Gasteiger partial charge in [-0.3, -0.25) is 5.10 Å². The number of hydrogen-bond donors (Lipinski definition) is 3. The van der Waals surface area contributed by atoms with Crippen LogP contribution in [-0.4, -0.2) is 37.3 Å². The van der Waals surface area contributed by atoms with Gasteiger partial charge in [-0.2, -0.15) is 0 Å². The third-order valence-electron chi connectivity index (χ3n) is 3.66. The number of aromatic nitrogens is 2. The lowest BCUT2D eigenvalue weighted by molar-refractivity contribution is -0.650. The van der Waals surface area contributed by atoms with Gasteiger partial charge in [0, 0.05) is 21.8 Å². The lowest BCUT2D eigenvalue weighted by Gasteiger charge is -2.23. The zero-order valence-electron chi connectivity index (χ0n) is 13.1. The van der Waals surface area contributed by atoms with Crippen molar-refractivity contribution in [2.45, 2.75) is 12.6 Å². The number of halogens is 2. The van der Waals surface area contributed by atoms with Gasteiger partial charge < -0.3 is 22.1 Å². The number of thioether (sulfide) groups is 1. The second-order valence-electron chi connectivity index (χ2n) is 5.38. The molecule has 0 saturated heterocycles. The number of hydrogen-bond acceptors (Lipinski definition) is 4. The summed E-state index contributed by atoms with van der Waals surface area (Å²) in [4.78, 5) is 0. The molecule has 1 unspecified atom stereocenters. The maximum absolute atomic E-state index is 11.3. The Bertz CT molecular complexity index is 760. The Labute approximate surface area is 164 Å². The summed E-state index contributed by atoms with van der Waals surface area (Å²) in [5.74, 6) is 1.27. The lowest BCUT2D eigenvalue weighted by Crippen LogP contribution is -3.00. The smallest absolute Gasteiger partial charge is 0.315 e. The van der Waals surface area contributed by atoms with E-state index in [1.807, 2.05) is 41.8 Å². The van der Waals surface area contributed by atoms with Crippen LogP contribution in [0.25, 0.3) is 0 Å². The van der Waals surface area contributed by atoms with Crippen LogP contribution in [-0.2, 0) is 5.72 Å². The highest BCUT2D eigenvalue weighted by atomic mass is 79.9. The number of rotatable bonds is 4. The quantitative estimate of drug-likeness (QED) is 0.433. The Morgan fingerprint density at radius 2 is 2.21 bits per heavy atom. The van der Waals surface area contributed by atoms with Gasteiger partial charge in [0.2, 0.25) is 11.5 Å². The van der Waals surface area contributed by atoms with Crippen LogP contribution in [0.2, 0.25) is 0 Å². The van der Waals surface area contributed by atoms with Gasteiger partial charge >= 0.3 is 5.17 Å². The summed E-state index contributed by atoms with van der Waals surface area (Å²) in [5, 5.41) is 22.5. The summed E-state index contributed by atoms with van der Waals surface area (Å²) in [7, 11) is 0. The van der Waals surface area contributed by atoms with Gasteiger partial charge in [-0.1, -0.05) is 40.7 Å². The number of aryl methyl sites for hydroxylation is 1. The predicted molar refractivity (Wildman–Crippen MR) is 97.8 cm³/mol. The molecule has 3 rings (SSSR count). The highest BCUT2D eigenvalue weighted by molar-refractivity contribution is 9.10. The number of H-pyrrole nitrogens is 1. The van der Waals surface area contributed by atoms with Crippen molar-refractivity contribution in [2.75, 3.05) is 17.6 Å². The topological polar surface area (TPSA) is 64.0 Å². The average Bonchev–Trinajstić information content (AvgIpc) is 3.07. The van der Waals surface area contributed by atoms with Crippen molar-refractivity contribution in [3.05, 3.63) is 58.7 Å². The molecule has 5 nitrogen and oxygen atoms in total. The molecule has 1 aliphatic heterocycles. The number of aromatic amines is 1. The van der Waals surface area contributed by atoms with E-state index in [0.717, 1.165) is 26.7 Å². The monoisotopic (exact) mass is 472 g/mol. The predicted octanol–water partition coefficient (Wildman–Crippen LogP) is 0.0431. The first-order chi connectivity index (χ1) is 11.0. The molecule has 0 bridgehead atoms. The highest BCUT2D eigenvalue weighted by Crippen LogP contribution is 2.35. The van der Waals surface area contributed by atoms with Crippen LogP contribution in [0.1, 0.15) is 11.3 Å². The molecule has 24 heavy (non-hydrogen) atoms. The van der Waals surface area contributed by atoms with Crippen LogP contribution in [0.4, 0.5) is 5.82 Å². The molecule has 1 aliphatic rings. The minimum atomic E-state index is -1.08. The zero-order chi connectivity index (χ0) is 16.4. The maximum atomic E-state index is 11.3. The van der Waals surface area contributed by atoms with Crippen molar-refractivity contribution >= 4 is 38.7 Å². The Kier molecular flexibility index (Phi) is 6.30. The molecule has 0 amide bonds. The second kappa shape index (κ2) is 7.86. The van der Waals surface area contributed by atoms with Crippen molar-refractivity contribution in [2.24, 2.45) is 0 Å². The van der Waals surface area contributed by atoms with Crippen molar-refractivity contribution in [1.82, 2.24) is 10.2 Å². The molecule has 128 valence electrons. The molecule has 0 radical (unpaired) electrons. The minimum absolute atomic E-state index is 0. The third kappa shape index (κ3) is 3.77. The number of nitrogens with zero attached hydrogens (tertiary/aromatic N) is 2. The van der Waals surface area contributed by atoms with Crippen LogP contribution >= 0.6 is 27.7 Å². The highest BCUT2D eigenvalue weighted by Gasteiger charge is 2.46. The molecule has 2 aromatic rings. The Balaban J connectivity index is 0.00000208. The zero-order valence-corrected chi connectivity index (χ0v) is 17.1. The fourth-order valence-electron chi connectivity index (χ4n) is 2.51. The number of amidine groups is 1. The molecule has 0 fully saturated rings. The van der Waals surface area contributed by atoms with Crippen molar-refractivity contribution in [3.63, 3.8) is 0 Å². The standard InChI is InChI=1S/C16H17BrN4OS.BrH/c1-3-8-21-15(18-14-9-11(2)19-20-14)23-10-16(21,22)12-4-6-13(17)7-5-12;/h3-7,9,22H,1,8,10H2,2H3,(H,19,20);1H. The fourth-order valence-corrected chi connectivity index (χ4v) is 3.99. The first kappa shape index (κ1) is 19.2. The summed E-state index contributed by atoms with van der Waals surface area (Å²) in [6.45, 7) is 6.29. The molecular formula is C16H18Br2N4OS. The van der Waals surface area contributed by atoms with Gasteiger partial charge in [0.1, 0.15) is 6.54 Å². The largest absolute Gasteiger partial charge is 1.00 e. The molecular weight excluding hydrogens is 456 g/mol. The van der Waals surface area contributed by atoms with Crippen LogP contribution in [0.3, 0.4) is 0 Å². The minimum Gasteiger partial charge on any atom is -1.00 e. The molecule has 1 aromatic carbocycles. The van der Waals surface area contributed by atoms with Crippen molar-refractivity contribution < 1.29 is 26.7 Å². The molecule has 1 aromatic heterocycles. The molecule has 3 N–H and O–H groups in total. The van der Waals surface area contributed by atoms with E-state index in [0.29, 0.717) is 12.3 Å². The fraction of sp³-hybridized carbons (Fsp3) is 0.250. The van der Waals surface area contributed by atoms with Gasteiger partial charge in [0.15, 0.2) is 0 Å². The molecule has 0 aliphatic carbocycles. The second-order valence-corrected chi connectivity index (χ2v) is 7.26. The van der Waals surface area contributed by atoms with Gasteiger partial charge in [-0.05, 0) is 30.8 Å². The number of aliphatic hydroxyl groups is 1. The van der Waals surface area contributed by atoms with E-state index in [-0.39, 0.29) is 17.0 Å². The Morgan fingerprint density at radius 1 is 1.50 bits per heavy atom. The first-order valence-corrected chi connectivity index (χ1v) is 8.96. The SMILES string of the molecule is C=CC[N+]1=C(Nc2cc(C)[nH]n2)SCC1(O)c1ccc(Br)cc1.[Br-]. The normalized spacial score (nSPS) is 20.0. The van der Waals surface area contributed by atoms with Gasteiger partial charge in [0.25, 0.3) is 0 Å². The van der Waals surface area contributed by atoms with E-state index in [9.17, 15) is 5.11 Å². The van der Waals surface area contributed by atoms with Crippen LogP contribution in [0.5, 0.6) is 0 Å². The summed E-state index contributed by atoms with van der Waals surface area (Å²) in [6, 6.07) is 9.67. The van der Waals surface area contributed by atoms with E-state index in [1.54, 1.807) is 17.8 Å². The Morgan fingerprint density at radius 3 is 2.79 bits per heavy atom. The van der Waals surface area contributed by atoms with E-state index >= 15 is 0 Å². The maximum Gasteiger partial charge on any atom is 0.315 e. The number of nitrogens with one attached hydrogen (secondary N) is 2. The first-order valence-electron chi connectivity index (χ1n) is 7.18. The van der Waals surface area contributed by atoms with Crippen LogP contribution in [0, 0.1) is 6.92 Å². The van der Waals surface area contributed by atoms with E-state index in [2.05, 4.69) is 38.0 Å². The summed E-state index contributed by atoms with van der Waals surface area (Å²) >= 11 is 5.00. The molecule has 0 saturated carbocycles. The van der Waals surface area contributed by atoms with E-state index in [1.165, 1.54) is 0 Å². The third-order valence-corrected chi connectivity index (χ3v) is 5.33. The van der Waals surface area contributed by atoms with Crippen molar-refractivity contribution in [3.8, 4) is 0 Å². The molecule has 0 spiro atoms. The van der Waals surface area contributed by atoms with E-state index in [4.69, 9.17) is 0 Å². The van der Waals surface area contributed by atoms with Crippen LogP contribution in [0.15, 0.2) is 47.5 Å². The van der Waals surface area contributed by atoms with Crippen LogP contribution < -0.4 is 22.3 Å². The average molecular weight is 474 g/mol. The van der Waals surface area contributed by atoms with Crippen molar-refractivity contribution in [1.29, 1.82) is 0 Å². The van der Waals surface area contributed by atoms with Gasteiger partial charge in [0.05, 0.1) is 5.75 Å². The molecule has 2 heterocycles. The lowest BCUT2D eigenvalue weighted by atomic mass is 10.0. The van der Waals surface area contributed by atoms with E-state index < -0.39 is 5.72 Å².